The molecule has 4 aliphatic rings. The maximum atomic E-state index is 12.9. The third kappa shape index (κ3) is 4.16. The molecule has 31 heavy (non-hydrogen) atoms. The first-order chi connectivity index (χ1) is 15.1. The van der Waals surface area contributed by atoms with Gasteiger partial charge < -0.3 is 33.9 Å². The molecule has 170 valence electrons. The number of morpholine rings is 1. The molecule has 4 aliphatic heterocycles. The van der Waals surface area contributed by atoms with Gasteiger partial charge in [-0.15, -0.1) is 0 Å². The first-order valence-electron chi connectivity index (χ1n) is 11.3. The van der Waals surface area contributed by atoms with Gasteiger partial charge in [0.2, 0.25) is 0 Å². The minimum absolute atomic E-state index is 0.0585. The number of hydrogen-bond donors (Lipinski definition) is 1. The van der Waals surface area contributed by atoms with Crippen LogP contribution in [0.3, 0.4) is 0 Å². The smallest absolute Gasteiger partial charge is 0.320 e. The van der Waals surface area contributed by atoms with Crippen molar-refractivity contribution in [2.75, 3.05) is 52.5 Å². The van der Waals surface area contributed by atoms with Crippen molar-refractivity contribution in [1.29, 1.82) is 0 Å². The molecular weight excluding hydrogens is 402 g/mol. The van der Waals surface area contributed by atoms with Crippen LogP contribution >= 0.6 is 0 Å². The Kier molecular flexibility index (Phi) is 5.85. The average Bonchev–Trinajstić information content (AvgIpc) is 3.50. The third-order valence-corrected chi connectivity index (χ3v) is 6.80. The Morgan fingerprint density at radius 1 is 1.13 bits per heavy atom. The largest absolute Gasteiger partial charge is 0.378 e. The zero-order chi connectivity index (χ0) is 21.3. The van der Waals surface area contributed by atoms with Gasteiger partial charge in [0.05, 0.1) is 25.9 Å². The summed E-state index contributed by atoms with van der Waals surface area (Å²) < 4.78 is 19.4. The monoisotopic (exact) mass is 433 g/mol. The summed E-state index contributed by atoms with van der Waals surface area (Å²) >= 11 is 0. The van der Waals surface area contributed by atoms with Gasteiger partial charge in [0.25, 0.3) is 5.91 Å². The lowest BCUT2D eigenvalue weighted by molar-refractivity contribution is -0.172. The second-order valence-corrected chi connectivity index (χ2v) is 8.75. The molecule has 1 spiro atoms. The number of nitrogens with one attached hydrogen (secondary N) is 1. The van der Waals surface area contributed by atoms with Crippen LogP contribution in [0.5, 0.6) is 0 Å². The second kappa shape index (κ2) is 8.76. The maximum absolute atomic E-state index is 12.9. The number of carbonyl (C=O) groups is 2. The van der Waals surface area contributed by atoms with E-state index in [4.69, 9.17) is 14.2 Å². The molecule has 5 rings (SSSR count). The van der Waals surface area contributed by atoms with E-state index in [1.807, 2.05) is 20.6 Å². The Labute approximate surface area is 181 Å². The number of rotatable bonds is 3. The molecule has 1 N–H and O–H groups in total. The Hall–Kier alpha value is -2.17. The molecule has 10 nitrogen and oxygen atoms in total. The predicted molar refractivity (Wildman–Crippen MR) is 109 cm³/mol. The summed E-state index contributed by atoms with van der Waals surface area (Å²) in [7, 11) is 0. The first-order valence-corrected chi connectivity index (χ1v) is 11.3. The number of aromatic nitrogens is 2. The summed E-state index contributed by atoms with van der Waals surface area (Å²) in [5, 5.41) is 3.00. The summed E-state index contributed by atoms with van der Waals surface area (Å²) in [6, 6.07) is 0.0585. The van der Waals surface area contributed by atoms with Gasteiger partial charge in [-0.1, -0.05) is 0 Å². The molecule has 3 amide bonds. The van der Waals surface area contributed by atoms with Crippen LogP contribution in [0, 0.1) is 0 Å². The van der Waals surface area contributed by atoms with Gasteiger partial charge in [-0.2, -0.15) is 0 Å². The topological polar surface area (TPSA) is 98.2 Å². The minimum atomic E-state index is -0.643. The van der Waals surface area contributed by atoms with Gasteiger partial charge in [-0.3, -0.25) is 4.79 Å². The van der Waals surface area contributed by atoms with Crippen LogP contribution < -0.4 is 5.32 Å². The van der Waals surface area contributed by atoms with Crippen molar-refractivity contribution in [3.05, 3.63) is 18.2 Å². The van der Waals surface area contributed by atoms with Crippen LogP contribution in [0.15, 0.2) is 12.4 Å². The Morgan fingerprint density at radius 3 is 2.65 bits per heavy atom. The van der Waals surface area contributed by atoms with Crippen molar-refractivity contribution in [2.45, 2.75) is 50.0 Å². The summed E-state index contributed by atoms with van der Waals surface area (Å²) in [4.78, 5) is 34.0. The molecule has 0 aromatic carbocycles. The number of likely N-dealkylation sites (tertiary alicyclic amines) is 1. The van der Waals surface area contributed by atoms with Crippen LogP contribution in [0.4, 0.5) is 4.79 Å². The summed E-state index contributed by atoms with van der Waals surface area (Å²) in [6.07, 6.45) is 6.45. The van der Waals surface area contributed by atoms with Crippen LogP contribution in [-0.2, 0) is 31.2 Å². The number of hydrogen-bond acceptors (Lipinski definition) is 6. The average molecular weight is 434 g/mol. The second-order valence-electron chi connectivity index (χ2n) is 8.75. The zero-order valence-corrected chi connectivity index (χ0v) is 17.8. The molecule has 0 aliphatic carbocycles. The Balaban J connectivity index is 1.24. The number of piperidine rings is 1. The van der Waals surface area contributed by atoms with E-state index in [1.165, 1.54) is 0 Å². The van der Waals surface area contributed by atoms with Crippen LogP contribution in [0.2, 0.25) is 0 Å². The Bertz CT molecular complexity index is 794. The molecule has 3 saturated heterocycles. The fraction of sp³-hybridized carbons (Fsp3) is 0.762. The number of urea groups is 1. The molecule has 0 radical (unpaired) electrons. The number of carbonyl (C=O) groups excluding carboxylic acids is 2. The quantitative estimate of drug-likeness (QED) is 0.737. The highest BCUT2D eigenvalue weighted by Crippen LogP contribution is 2.40. The normalized spacial score (nSPS) is 27.9. The highest BCUT2D eigenvalue weighted by Gasteiger charge is 2.48. The van der Waals surface area contributed by atoms with Crippen LogP contribution in [0.1, 0.15) is 31.5 Å². The Morgan fingerprint density at radius 2 is 1.90 bits per heavy atom. The van der Waals surface area contributed by atoms with E-state index in [9.17, 15) is 9.59 Å². The molecular formula is C21H31N5O5. The van der Waals surface area contributed by atoms with Gasteiger partial charge in [0, 0.05) is 64.6 Å². The first kappa shape index (κ1) is 20.7. The van der Waals surface area contributed by atoms with Gasteiger partial charge in [-0.05, 0) is 12.8 Å². The number of fused-ring (bicyclic) bond motifs is 2. The van der Waals surface area contributed by atoms with Crippen molar-refractivity contribution in [1.82, 2.24) is 24.7 Å². The van der Waals surface area contributed by atoms with E-state index in [0.717, 1.165) is 25.3 Å². The summed E-state index contributed by atoms with van der Waals surface area (Å²) in [5.41, 5.74) is -0.643. The van der Waals surface area contributed by atoms with Crippen molar-refractivity contribution in [3.63, 3.8) is 0 Å². The summed E-state index contributed by atoms with van der Waals surface area (Å²) in [6.45, 7) is 5.33. The van der Waals surface area contributed by atoms with Gasteiger partial charge in [0.15, 0.2) is 6.10 Å². The third-order valence-electron chi connectivity index (χ3n) is 6.80. The SMILES string of the molecule is O=C(NCC1CCCO1)C1Cn2ccnc2C2(CCN(C(=O)N3CCOCC3)CC2)O1. The molecule has 2 atom stereocenters. The highest BCUT2D eigenvalue weighted by atomic mass is 16.5. The van der Waals surface area contributed by atoms with E-state index in [2.05, 4.69) is 10.3 Å². The molecule has 5 heterocycles. The molecule has 0 bridgehead atoms. The van der Waals surface area contributed by atoms with Crippen molar-refractivity contribution in [2.24, 2.45) is 0 Å². The lowest BCUT2D eigenvalue weighted by Gasteiger charge is -2.46. The van der Waals surface area contributed by atoms with E-state index >= 15 is 0 Å². The molecule has 1 aromatic rings. The molecule has 1 aromatic heterocycles. The maximum Gasteiger partial charge on any atom is 0.320 e. The van der Waals surface area contributed by atoms with Crippen LogP contribution in [-0.4, -0.2) is 96.0 Å². The molecule has 3 fully saturated rings. The fourth-order valence-corrected chi connectivity index (χ4v) is 5.02. The van der Waals surface area contributed by atoms with Gasteiger partial charge >= 0.3 is 6.03 Å². The number of ether oxygens (including phenoxy) is 3. The van der Waals surface area contributed by atoms with Gasteiger partial charge in [-0.25, -0.2) is 9.78 Å². The molecule has 10 heteroatoms. The lowest BCUT2D eigenvalue weighted by Crippen LogP contribution is -2.57. The van der Waals surface area contributed by atoms with E-state index in [0.29, 0.717) is 65.3 Å². The minimum Gasteiger partial charge on any atom is -0.378 e. The number of imidazole rings is 1. The summed E-state index contributed by atoms with van der Waals surface area (Å²) in [5.74, 6) is 0.746. The lowest BCUT2D eigenvalue weighted by atomic mass is 9.88. The predicted octanol–water partition coefficient (Wildman–Crippen LogP) is 0.320. The molecule has 0 saturated carbocycles. The highest BCUT2D eigenvalue weighted by molar-refractivity contribution is 5.81. The van der Waals surface area contributed by atoms with Crippen LogP contribution in [0.25, 0.3) is 0 Å². The van der Waals surface area contributed by atoms with Crippen molar-refractivity contribution >= 4 is 11.9 Å². The van der Waals surface area contributed by atoms with E-state index < -0.39 is 11.7 Å². The van der Waals surface area contributed by atoms with Gasteiger partial charge in [0.1, 0.15) is 11.4 Å². The molecule has 2 unspecified atom stereocenters. The number of amides is 3. The fourth-order valence-electron chi connectivity index (χ4n) is 5.02. The van der Waals surface area contributed by atoms with Crippen molar-refractivity contribution < 1.29 is 23.8 Å². The number of nitrogens with zero attached hydrogens (tertiary/aromatic N) is 4. The van der Waals surface area contributed by atoms with E-state index in [-0.39, 0.29) is 18.0 Å². The van der Waals surface area contributed by atoms with E-state index in [1.54, 1.807) is 6.20 Å². The zero-order valence-electron chi connectivity index (χ0n) is 17.8. The van der Waals surface area contributed by atoms with Crippen molar-refractivity contribution in [3.8, 4) is 0 Å². The standard InChI is InChI=1S/C21H31N5O5/c27-18(23-14-16-2-1-11-30-16)17-15-26-8-5-22-19(26)21(31-17)3-6-24(7-4-21)20(28)25-9-12-29-13-10-25/h5,8,16-17H,1-4,6-7,9-15H2,(H,23,27).